The number of halogens is 1. The summed E-state index contributed by atoms with van der Waals surface area (Å²) < 4.78 is 0. The highest BCUT2D eigenvalue weighted by Crippen LogP contribution is 2.14. The molecule has 4 nitrogen and oxygen atoms in total. The maximum atomic E-state index is 11.6. The molecule has 0 bridgehead atoms. The van der Waals surface area contributed by atoms with Crippen LogP contribution in [0, 0.1) is 0 Å². The van der Waals surface area contributed by atoms with Gasteiger partial charge >= 0.3 is 0 Å². The van der Waals surface area contributed by atoms with Gasteiger partial charge in [0.15, 0.2) is 0 Å². The van der Waals surface area contributed by atoms with Crippen molar-refractivity contribution in [3.8, 4) is 0 Å². The lowest BCUT2D eigenvalue weighted by atomic mass is 10.2. The fraction of sp³-hybridized carbons (Fsp3) is 0.143. The summed E-state index contributed by atoms with van der Waals surface area (Å²) in [5.74, 6) is -0.497. The minimum absolute atomic E-state index is 0.0544. The average molecular weight is 309 g/mol. The summed E-state index contributed by atoms with van der Waals surface area (Å²) in [6, 6.07) is 10.8. The topological polar surface area (TPSA) is 58.2 Å². The summed E-state index contributed by atoms with van der Waals surface area (Å²) in [6.07, 6.45) is 0. The van der Waals surface area contributed by atoms with E-state index in [4.69, 9.17) is 11.6 Å². The number of carbonyl (C=O) groups excluding carboxylic acids is 2. The first kappa shape index (κ1) is 14.6. The molecular formula is C14H13ClN2O2S. The largest absolute Gasteiger partial charge is 0.350 e. The van der Waals surface area contributed by atoms with Crippen molar-refractivity contribution in [3.63, 3.8) is 0 Å². The second-order valence-electron chi connectivity index (χ2n) is 4.03. The molecule has 0 saturated carbocycles. The molecule has 0 spiro atoms. The molecule has 2 amide bonds. The highest BCUT2D eigenvalue weighted by molar-refractivity contribution is 7.12. The van der Waals surface area contributed by atoms with E-state index in [1.807, 2.05) is 23.6 Å². The molecule has 6 heteroatoms. The lowest BCUT2D eigenvalue weighted by Gasteiger charge is -2.07. The zero-order valence-corrected chi connectivity index (χ0v) is 12.1. The third-order valence-electron chi connectivity index (χ3n) is 2.59. The van der Waals surface area contributed by atoms with Crippen LogP contribution in [0.15, 0.2) is 41.8 Å². The molecule has 2 N–H and O–H groups in total. The fourth-order valence-electron chi connectivity index (χ4n) is 1.55. The Balaban J connectivity index is 1.76. The molecule has 2 aromatic rings. The molecule has 0 unspecified atom stereocenters. The predicted molar refractivity (Wildman–Crippen MR) is 80.0 cm³/mol. The van der Waals surface area contributed by atoms with Gasteiger partial charge in [-0.1, -0.05) is 35.9 Å². The second-order valence-corrected chi connectivity index (χ2v) is 5.38. The van der Waals surface area contributed by atoms with Gasteiger partial charge in [0.1, 0.15) is 0 Å². The van der Waals surface area contributed by atoms with E-state index in [0.29, 0.717) is 16.4 Å². The molecule has 0 fully saturated rings. The van der Waals surface area contributed by atoms with Gasteiger partial charge in [-0.15, -0.1) is 11.3 Å². The smallest absolute Gasteiger partial charge is 0.261 e. The molecule has 0 radical (unpaired) electrons. The molecule has 1 aromatic heterocycles. The Bertz CT molecular complexity index is 599. The van der Waals surface area contributed by atoms with Gasteiger partial charge in [-0.2, -0.15) is 0 Å². The van der Waals surface area contributed by atoms with E-state index in [9.17, 15) is 9.59 Å². The Labute approximate surface area is 125 Å². The van der Waals surface area contributed by atoms with Crippen molar-refractivity contribution >= 4 is 34.8 Å². The summed E-state index contributed by atoms with van der Waals surface area (Å²) >= 11 is 7.32. The summed E-state index contributed by atoms with van der Waals surface area (Å²) in [6.45, 7) is 0.286. The Hall–Kier alpha value is -1.85. The first-order valence-electron chi connectivity index (χ1n) is 5.98. The zero-order valence-electron chi connectivity index (χ0n) is 10.6. The number of thiophene rings is 1. The Morgan fingerprint density at radius 3 is 2.60 bits per heavy atom. The van der Waals surface area contributed by atoms with Crippen molar-refractivity contribution in [2.45, 2.75) is 6.54 Å². The minimum Gasteiger partial charge on any atom is -0.350 e. The van der Waals surface area contributed by atoms with Crippen LogP contribution in [0.3, 0.4) is 0 Å². The fourth-order valence-corrected chi connectivity index (χ4v) is 2.40. The van der Waals surface area contributed by atoms with Crippen LogP contribution in [0.1, 0.15) is 15.2 Å². The summed E-state index contributed by atoms with van der Waals surface area (Å²) in [7, 11) is 0. The second kappa shape index (κ2) is 7.07. The molecule has 0 atom stereocenters. The first-order valence-corrected chi connectivity index (χ1v) is 7.24. The lowest BCUT2D eigenvalue weighted by Crippen LogP contribution is -2.36. The van der Waals surface area contributed by atoms with Crippen LogP contribution in [0.4, 0.5) is 0 Å². The van der Waals surface area contributed by atoms with Gasteiger partial charge in [0.05, 0.1) is 11.4 Å². The molecular weight excluding hydrogens is 296 g/mol. The van der Waals surface area contributed by atoms with Crippen molar-refractivity contribution in [3.05, 3.63) is 57.2 Å². The first-order chi connectivity index (χ1) is 9.66. The number of benzene rings is 1. The van der Waals surface area contributed by atoms with Gasteiger partial charge < -0.3 is 10.6 Å². The predicted octanol–water partition coefficient (Wildman–Crippen LogP) is 2.45. The highest BCUT2D eigenvalue weighted by atomic mass is 35.5. The van der Waals surface area contributed by atoms with Crippen LogP contribution < -0.4 is 10.6 Å². The summed E-state index contributed by atoms with van der Waals surface area (Å²) in [5.41, 5.74) is 0.840. The minimum atomic E-state index is -0.255. The molecule has 0 saturated heterocycles. The van der Waals surface area contributed by atoms with Crippen LogP contribution in [0.5, 0.6) is 0 Å². The number of amides is 2. The van der Waals surface area contributed by atoms with Crippen molar-refractivity contribution in [1.29, 1.82) is 0 Å². The normalized spacial score (nSPS) is 10.1. The highest BCUT2D eigenvalue weighted by Gasteiger charge is 2.08. The summed E-state index contributed by atoms with van der Waals surface area (Å²) in [5, 5.41) is 7.69. The average Bonchev–Trinajstić information content (AvgIpc) is 2.98. The van der Waals surface area contributed by atoms with Crippen molar-refractivity contribution < 1.29 is 9.59 Å². The van der Waals surface area contributed by atoms with Gasteiger partial charge in [-0.3, -0.25) is 9.59 Å². The van der Waals surface area contributed by atoms with Crippen LogP contribution >= 0.6 is 22.9 Å². The van der Waals surface area contributed by atoms with Crippen molar-refractivity contribution in [2.75, 3.05) is 6.54 Å². The SMILES string of the molecule is O=C(CNC(=O)c1cccs1)NCc1ccccc1Cl. The van der Waals surface area contributed by atoms with Gasteiger partial charge in [0.25, 0.3) is 5.91 Å². The molecule has 104 valence electrons. The summed E-state index contributed by atoms with van der Waals surface area (Å²) in [4.78, 5) is 23.9. The lowest BCUT2D eigenvalue weighted by molar-refractivity contribution is -0.120. The number of nitrogens with one attached hydrogen (secondary N) is 2. The third-order valence-corrected chi connectivity index (χ3v) is 3.83. The van der Waals surface area contributed by atoms with Crippen LogP contribution in [-0.4, -0.2) is 18.4 Å². The third kappa shape index (κ3) is 4.08. The van der Waals surface area contributed by atoms with Crippen LogP contribution in [0.2, 0.25) is 5.02 Å². The van der Waals surface area contributed by atoms with E-state index in [-0.39, 0.29) is 18.4 Å². The van der Waals surface area contributed by atoms with Gasteiger partial charge in [0, 0.05) is 11.6 Å². The maximum absolute atomic E-state index is 11.6. The molecule has 0 aliphatic heterocycles. The molecule has 20 heavy (non-hydrogen) atoms. The number of hydrogen-bond acceptors (Lipinski definition) is 3. The Morgan fingerprint density at radius 1 is 1.10 bits per heavy atom. The van der Waals surface area contributed by atoms with E-state index in [1.165, 1.54) is 11.3 Å². The van der Waals surface area contributed by atoms with Gasteiger partial charge in [-0.25, -0.2) is 0 Å². The zero-order chi connectivity index (χ0) is 14.4. The quantitative estimate of drug-likeness (QED) is 0.891. The van der Waals surface area contributed by atoms with E-state index in [0.717, 1.165) is 5.56 Å². The molecule has 0 aliphatic carbocycles. The van der Waals surface area contributed by atoms with E-state index >= 15 is 0 Å². The van der Waals surface area contributed by atoms with Crippen molar-refractivity contribution in [1.82, 2.24) is 10.6 Å². The molecule has 1 heterocycles. The van der Waals surface area contributed by atoms with E-state index in [2.05, 4.69) is 10.6 Å². The number of hydrogen-bond donors (Lipinski definition) is 2. The van der Waals surface area contributed by atoms with Crippen LogP contribution in [0.25, 0.3) is 0 Å². The maximum Gasteiger partial charge on any atom is 0.261 e. The molecule has 0 aliphatic rings. The Kier molecular flexibility index (Phi) is 5.15. The van der Waals surface area contributed by atoms with Gasteiger partial charge in [0.2, 0.25) is 5.91 Å². The van der Waals surface area contributed by atoms with Crippen LogP contribution in [-0.2, 0) is 11.3 Å². The molecule has 1 aromatic carbocycles. The molecule has 2 rings (SSSR count). The number of carbonyl (C=O) groups is 2. The standard InChI is InChI=1S/C14H13ClN2O2S/c15-11-5-2-1-4-10(11)8-16-13(18)9-17-14(19)12-6-3-7-20-12/h1-7H,8-9H2,(H,16,18)(H,17,19). The number of rotatable bonds is 5. The van der Waals surface area contributed by atoms with Gasteiger partial charge in [-0.05, 0) is 23.1 Å². The Morgan fingerprint density at radius 2 is 1.90 bits per heavy atom. The monoisotopic (exact) mass is 308 g/mol. The van der Waals surface area contributed by atoms with Crippen molar-refractivity contribution in [2.24, 2.45) is 0 Å². The van der Waals surface area contributed by atoms with E-state index < -0.39 is 0 Å². The van der Waals surface area contributed by atoms with E-state index in [1.54, 1.807) is 18.2 Å².